The highest BCUT2D eigenvalue weighted by Gasteiger charge is 2.30. The summed E-state index contributed by atoms with van der Waals surface area (Å²) in [6, 6.07) is 9.39. The first kappa shape index (κ1) is 19.7. The predicted molar refractivity (Wildman–Crippen MR) is 97.8 cm³/mol. The Bertz CT molecular complexity index is 987. The lowest BCUT2D eigenvalue weighted by atomic mass is 10.1. The second-order valence-corrected chi connectivity index (χ2v) is 6.22. The van der Waals surface area contributed by atoms with Crippen molar-refractivity contribution in [3.05, 3.63) is 58.9 Å². The molecule has 0 aliphatic rings. The first-order valence-corrected chi connectivity index (χ1v) is 8.41. The molecule has 2 N–H and O–H groups in total. The third-order valence-corrected chi connectivity index (χ3v) is 3.98. The van der Waals surface area contributed by atoms with E-state index >= 15 is 0 Å². The minimum atomic E-state index is -4.41. The molecule has 0 saturated heterocycles. The number of rotatable bonds is 5. The minimum Gasteiger partial charge on any atom is -0.375 e. The highest BCUT2D eigenvalue weighted by molar-refractivity contribution is 6.33. The molecular weight excluding hydrogens is 397 g/mol. The molecule has 10 heteroatoms. The van der Waals surface area contributed by atoms with Gasteiger partial charge in [-0.2, -0.15) is 18.2 Å². The number of nitrogens with one attached hydrogen (secondary N) is 2. The molecule has 1 aromatic heterocycles. The Morgan fingerprint density at radius 3 is 2.54 bits per heavy atom. The number of hydrogen-bond donors (Lipinski definition) is 2. The van der Waals surface area contributed by atoms with E-state index in [1.807, 2.05) is 0 Å². The van der Waals surface area contributed by atoms with Crippen molar-refractivity contribution in [2.75, 3.05) is 10.6 Å². The second-order valence-electron chi connectivity index (χ2n) is 5.82. The van der Waals surface area contributed by atoms with Gasteiger partial charge in [-0.15, -0.1) is 0 Å². The number of anilines is 2. The van der Waals surface area contributed by atoms with Crippen LogP contribution in [0.5, 0.6) is 0 Å². The standard InChI is InChI=1S/C18H14ClF3N4O2/c1-10(27)24-13-6-7-14(19)15(8-13)23-9-16-25-17(26-28-16)11-2-4-12(5-3-11)18(20,21)22/h2-8,23H,9H2,1H3,(H,24,27). The summed E-state index contributed by atoms with van der Waals surface area (Å²) in [7, 11) is 0. The van der Waals surface area contributed by atoms with Crippen LogP contribution in [0.4, 0.5) is 24.5 Å². The number of alkyl halides is 3. The fraction of sp³-hybridized carbons (Fsp3) is 0.167. The topological polar surface area (TPSA) is 80.0 Å². The van der Waals surface area contributed by atoms with Gasteiger partial charge in [-0.3, -0.25) is 4.79 Å². The van der Waals surface area contributed by atoms with E-state index in [4.69, 9.17) is 16.1 Å². The van der Waals surface area contributed by atoms with Gasteiger partial charge in [0.2, 0.25) is 17.6 Å². The highest BCUT2D eigenvalue weighted by Crippen LogP contribution is 2.30. The molecule has 0 spiro atoms. The zero-order valence-corrected chi connectivity index (χ0v) is 15.2. The van der Waals surface area contributed by atoms with E-state index in [9.17, 15) is 18.0 Å². The van der Waals surface area contributed by atoms with Gasteiger partial charge in [0.15, 0.2) is 0 Å². The molecule has 146 valence electrons. The molecule has 0 atom stereocenters. The number of carbonyl (C=O) groups is 1. The van der Waals surface area contributed by atoms with Crippen LogP contribution in [-0.4, -0.2) is 16.0 Å². The molecule has 0 bridgehead atoms. The molecule has 0 radical (unpaired) electrons. The van der Waals surface area contributed by atoms with E-state index in [0.717, 1.165) is 12.1 Å². The van der Waals surface area contributed by atoms with Crippen LogP contribution >= 0.6 is 11.6 Å². The predicted octanol–water partition coefficient (Wildman–Crippen LogP) is 4.98. The molecule has 0 saturated carbocycles. The van der Waals surface area contributed by atoms with Crippen LogP contribution in [0.3, 0.4) is 0 Å². The van der Waals surface area contributed by atoms with Crippen molar-refractivity contribution in [3.8, 4) is 11.4 Å². The Morgan fingerprint density at radius 1 is 1.18 bits per heavy atom. The summed E-state index contributed by atoms with van der Waals surface area (Å²) in [5, 5.41) is 9.85. The molecule has 2 aromatic carbocycles. The van der Waals surface area contributed by atoms with E-state index in [1.54, 1.807) is 18.2 Å². The minimum absolute atomic E-state index is 0.136. The van der Waals surface area contributed by atoms with Crippen LogP contribution in [0.2, 0.25) is 5.02 Å². The van der Waals surface area contributed by atoms with Gasteiger partial charge in [0.05, 0.1) is 22.8 Å². The van der Waals surface area contributed by atoms with Crippen LogP contribution < -0.4 is 10.6 Å². The summed E-state index contributed by atoms with van der Waals surface area (Å²) in [4.78, 5) is 15.3. The largest absolute Gasteiger partial charge is 0.416 e. The van der Waals surface area contributed by atoms with Crippen molar-refractivity contribution >= 4 is 28.9 Å². The van der Waals surface area contributed by atoms with E-state index < -0.39 is 11.7 Å². The molecule has 1 amide bonds. The Hall–Kier alpha value is -3.07. The fourth-order valence-electron chi connectivity index (χ4n) is 2.36. The zero-order valence-electron chi connectivity index (χ0n) is 14.5. The molecule has 0 aliphatic heterocycles. The van der Waals surface area contributed by atoms with E-state index in [1.165, 1.54) is 19.1 Å². The first-order chi connectivity index (χ1) is 13.2. The lowest BCUT2D eigenvalue weighted by molar-refractivity contribution is -0.137. The fourth-order valence-corrected chi connectivity index (χ4v) is 2.55. The number of hydrogen-bond acceptors (Lipinski definition) is 5. The lowest BCUT2D eigenvalue weighted by Crippen LogP contribution is -2.07. The lowest BCUT2D eigenvalue weighted by Gasteiger charge is -2.09. The summed E-state index contributed by atoms with van der Waals surface area (Å²) < 4.78 is 43.0. The van der Waals surface area contributed by atoms with Crippen molar-refractivity contribution in [2.45, 2.75) is 19.6 Å². The molecule has 0 aliphatic carbocycles. The SMILES string of the molecule is CC(=O)Nc1ccc(Cl)c(NCc2nc(-c3ccc(C(F)(F)F)cc3)no2)c1. The monoisotopic (exact) mass is 410 g/mol. The van der Waals surface area contributed by atoms with E-state index in [0.29, 0.717) is 22.0 Å². The third kappa shape index (κ3) is 4.80. The van der Waals surface area contributed by atoms with Crippen LogP contribution in [0, 0.1) is 0 Å². The maximum Gasteiger partial charge on any atom is 0.416 e. The van der Waals surface area contributed by atoms with Gasteiger partial charge in [0.1, 0.15) is 0 Å². The Labute approximate surface area is 162 Å². The Balaban J connectivity index is 1.69. The summed E-state index contributed by atoms with van der Waals surface area (Å²) in [5.41, 5.74) is 0.751. The van der Waals surface area contributed by atoms with Gasteiger partial charge in [0.25, 0.3) is 0 Å². The summed E-state index contributed by atoms with van der Waals surface area (Å²) in [6.45, 7) is 1.53. The Morgan fingerprint density at radius 2 is 1.89 bits per heavy atom. The molecule has 3 rings (SSSR count). The Kier molecular flexibility index (Phi) is 5.55. The van der Waals surface area contributed by atoms with Gasteiger partial charge in [-0.25, -0.2) is 0 Å². The summed E-state index contributed by atoms with van der Waals surface area (Å²) >= 11 is 6.12. The van der Waals surface area contributed by atoms with Gasteiger partial charge in [0, 0.05) is 18.2 Å². The maximum atomic E-state index is 12.6. The van der Waals surface area contributed by atoms with Crippen molar-refractivity contribution in [1.29, 1.82) is 0 Å². The number of carbonyl (C=O) groups excluding carboxylic acids is 1. The summed E-state index contributed by atoms with van der Waals surface area (Å²) in [5.74, 6) is 0.172. The molecule has 1 heterocycles. The van der Waals surface area contributed by atoms with Crippen molar-refractivity contribution in [1.82, 2.24) is 10.1 Å². The molecule has 0 unspecified atom stereocenters. The molecule has 0 fully saturated rings. The van der Waals surface area contributed by atoms with Crippen LogP contribution in [-0.2, 0) is 17.5 Å². The third-order valence-electron chi connectivity index (χ3n) is 3.66. The van der Waals surface area contributed by atoms with Crippen LogP contribution in [0.25, 0.3) is 11.4 Å². The molecule has 28 heavy (non-hydrogen) atoms. The van der Waals surface area contributed by atoms with Gasteiger partial charge in [-0.1, -0.05) is 28.9 Å². The van der Waals surface area contributed by atoms with Crippen molar-refractivity contribution in [3.63, 3.8) is 0 Å². The smallest absolute Gasteiger partial charge is 0.375 e. The molecular formula is C18H14ClF3N4O2. The quantitative estimate of drug-likeness (QED) is 0.620. The highest BCUT2D eigenvalue weighted by atomic mass is 35.5. The van der Waals surface area contributed by atoms with E-state index in [-0.39, 0.29) is 24.2 Å². The number of amides is 1. The van der Waals surface area contributed by atoms with E-state index in [2.05, 4.69) is 20.8 Å². The van der Waals surface area contributed by atoms with Crippen molar-refractivity contribution < 1.29 is 22.5 Å². The number of nitrogens with zero attached hydrogens (tertiary/aromatic N) is 2. The first-order valence-electron chi connectivity index (χ1n) is 8.03. The summed E-state index contributed by atoms with van der Waals surface area (Å²) in [6.07, 6.45) is -4.41. The zero-order chi connectivity index (χ0) is 20.3. The molecule has 6 nitrogen and oxygen atoms in total. The second kappa shape index (κ2) is 7.89. The number of benzene rings is 2. The number of aromatic nitrogens is 2. The average molecular weight is 411 g/mol. The average Bonchev–Trinajstić information content (AvgIpc) is 3.10. The van der Waals surface area contributed by atoms with Crippen LogP contribution in [0.1, 0.15) is 18.4 Å². The van der Waals surface area contributed by atoms with Gasteiger partial charge < -0.3 is 15.2 Å². The van der Waals surface area contributed by atoms with Gasteiger partial charge in [-0.05, 0) is 30.3 Å². The maximum absolute atomic E-state index is 12.6. The normalized spacial score (nSPS) is 11.3. The van der Waals surface area contributed by atoms with Gasteiger partial charge >= 0.3 is 6.18 Å². The number of halogens is 4. The van der Waals surface area contributed by atoms with Crippen LogP contribution in [0.15, 0.2) is 47.0 Å². The van der Waals surface area contributed by atoms with Crippen molar-refractivity contribution in [2.24, 2.45) is 0 Å². The molecule has 3 aromatic rings.